The van der Waals surface area contributed by atoms with Crippen LogP contribution in [-0.2, 0) is 0 Å². The van der Waals surface area contributed by atoms with Crippen molar-refractivity contribution in [3.05, 3.63) is 0 Å². The fraction of sp³-hybridized carbons (Fsp3) is 1.00. The molecule has 2 nitrogen and oxygen atoms in total. The van der Waals surface area contributed by atoms with Crippen molar-refractivity contribution >= 4 is 15.9 Å². The van der Waals surface area contributed by atoms with E-state index >= 15 is 0 Å². The monoisotopic (exact) mass is 198 g/mol. The Morgan fingerprint density at radius 1 is 1.22 bits per heavy atom. The number of nitrogens with one attached hydrogen (secondary N) is 2. The molecule has 0 saturated heterocycles. The van der Waals surface area contributed by atoms with Crippen molar-refractivity contribution in [3.8, 4) is 0 Å². The second-order valence-corrected chi connectivity index (χ2v) is 2.38. The molecule has 0 aromatic carbocycles. The largest absolute Gasteiger partial charge is 0.258 e. The van der Waals surface area contributed by atoms with Crippen LogP contribution in [0.4, 0.5) is 4.39 Å². The molecule has 9 heavy (non-hydrogen) atoms. The SMILES string of the molecule is FCCCNNCCBr. The van der Waals surface area contributed by atoms with E-state index in [1.807, 2.05) is 0 Å². The summed E-state index contributed by atoms with van der Waals surface area (Å²) in [7, 11) is 0. The minimum atomic E-state index is -0.247. The molecule has 0 aromatic heterocycles. The van der Waals surface area contributed by atoms with Gasteiger partial charge in [0, 0.05) is 18.4 Å². The molecule has 0 aliphatic carbocycles. The van der Waals surface area contributed by atoms with Crippen LogP contribution >= 0.6 is 15.9 Å². The highest BCUT2D eigenvalue weighted by Gasteiger charge is 1.83. The lowest BCUT2D eigenvalue weighted by Gasteiger charge is -2.01. The molecule has 0 atom stereocenters. The molecular weight excluding hydrogens is 187 g/mol. The van der Waals surface area contributed by atoms with Crippen LogP contribution in [0.2, 0.25) is 0 Å². The van der Waals surface area contributed by atoms with E-state index in [-0.39, 0.29) is 6.67 Å². The van der Waals surface area contributed by atoms with Gasteiger partial charge >= 0.3 is 0 Å². The molecule has 2 N–H and O–H groups in total. The zero-order valence-corrected chi connectivity index (χ0v) is 6.88. The van der Waals surface area contributed by atoms with E-state index in [1.54, 1.807) is 0 Å². The lowest BCUT2D eigenvalue weighted by Crippen LogP contribution is -2.34. The van der Waals surface area contributed by atoms with Gasteiger partial charge in [0.05, 0.1) is 6.67 Å². The van der Waals surface area contributed by atoms with Crippen molar-refractivity contribution in [1.82, 2.24) is 10.9 Å². The van der Waals surface area contributed by atoms with Crippen molar-refractivity contribution in [2.45, 2.75) is 6.42 Å². The number of alkyl halides is 2. The minimum absolute atomic E-state index is 0.247. The predicted octanol–water partition coefficient (Wildman–Crippen LogP) is 0.835. The molecule has 0 aliphatic heterocycles. The summed E-state index contributed by atoms with van der Waals surface area (Å²) in [6.07, 6.45) is 0.579. The Balaban J connectivity index is 2.60. The first kappa shape index (κ1) is 9.33. The Hall–Kier alpha value is 0.330. The Labute approximate surface area is 63.3 Å². The van der Waals surface area contributed by atoms with Crippen LogP contribution in [0.5, 0.6) is 0 Å². The van der Waals surface area contributed by atoms with Gasteiger partial charge in [0.1, 0.15) is 0 Å². The van der Waals surface area contributed by atoms with Crippen LogP contribution in [0.25, 0.3) is 0 Å². The summed E-state index contributed by atoms with van der Waals surface area (Å²) in [4.78, 5) is 0. The molecule has 0 heterocycles. The van der Waals surface area contributed by atoms with E-state index in [1.165, 1.54) is 0 Å². The van der Waals surface area contributed by atoms with Gasteiger partial charge in [-0.1, -0.05) is 15.9 Å². The fourth-order valence-electron chi connectivity index (χ4n) is 0.379. The molecule has 0 bridgehead atoms. The maximum absolute atomic E-state index is 11.4. The predicted molar refractivity (Wildman–Crippen MR) is 40.4 cm³/mol. The number of hydrazine groups is 1. The summed E-state index contributed by atoms with van der Waals surface area (Å²) in [5, 5.41) is 0.912. The van der Waals surface area contributed by atoms with Crippen LogP contribution in [0.15, 0.2) is 0 Å². The third kappa shape index (κ3) is 8.33. The van der Waals surface area contributed by atoms with Crippen molar-refractivity contribution < 1.29 is 4.39 Å². The lowest BCUT2D eigenvalue weighted by molar-refractivity contribution is 0.441. The van der Waals surface area contributed by atoms with Gasteiger partial charge < -0.3 is 0 Å². The van der Waals surface area contributed by atoms with Gasteiger partial charge in [0.25, 0.3) is 0 Å². The first-order valence-corrected chi connectivity index (χ1v) is 4.11. The Morgan fingerprint density at radius 2 is 1.89 bits per heavy atom. The van der Waals surface area contributed by atoms with Gasteiger partial charge in [-0.05, 0) is 6.42 Å². The second-order valence-electron chi connectivity index (χ2n) is 1.59. The summed E-state index contributed by atoms with van der Waals surface area (Å²) < 4.78 is 11.4. The molecule has 0 spiro atoms. The van der Waals surface area contributed by atoms with Crippen molar-refractivity contribution in [3.63, 3.8) is 0 Å². The van der Waals surface area contributed by atoms with E-state index in [0.29, 0.717) is 13.0 Å². The summed E-state index contributed by atoms with van der Waals surface area (Å²) in [5.41, 5.74) is 5.77. The van der Waals surface area contributed by atoms with Gasteiger partial charge in [-0.25, -0.2) is 0 Å². The highest BCUT2D eigenvalue weighted by molar-refractivity contribution is 9.09. The van der Waals surface area contributed by atoms with E-state index in [9.17, 15) is 4.39 Å². The van der Waals surface area contributed by atoms with Crippen molar-refractivity contribution in [2.24, 2.45) is 0 Å². The topological polar surface area (TPSA) is 24.1 Å². The van der Waals surface area contributed by atoms with Crippen molar-refractivity contribution in [1.29, 1.82) is 0 Å². The normalized spacial score (nSPS) is 10.0. The number of rotatable bonds is 6. The first-order valence-electron chi connectivity index (χ1n) is 2.99. The maximum atomic E-state index is 11.4. The van der Waals surface area contributed by atoms with Crippen molar-refractivity contribution in [2.75, 3.05) is 25.1 Å². The Morgan fingerprint density at radius 3 is 2.44 bits per heavy atom. The second kappa shape index (κ2) is 8.33. The van der Waals surface area contributed by atoms with Crippen LogP contribution in [0.3, 0.4) is 0 Å². The molecule has 4 heteroatoms. The smallest absolute Gasteiger partial charge is 0.0907 e. The van der Waals surface area contributed by atoms with Gasteiger partial charge in [-0.3, -0.25) is 15.2 Å². The van der Waals surface area contributed by atoms with Gasteiger partial charge in [-0.2, -0.15) is 0 Å². The average Bonchev–Trinajstić information content (AvgIpc) is 1.89. The van der Waals surface area contributed by atoms with Gasteiger partial charge in [0.2, 0.25) is 0 Å². The lowest BCUT2D eigenvalue weighted by atomic mass is 10.5. The molecule has 56 valence electrons. The molecule has 0 unspecified atom stereocenters. The third-order valence-corrected chi connectivity index (χ3v) is 1.18. The standard InChI is InChI=1S/C5H12BrFN2/c6-2-5-9-8-4-1-3-7/h8-9H,1-5H2. The molecule has 0 fully saturated rings. The van der Waals surface area contributed by atoms with Crippen LogP contribution < -0.4 is 10.9 Å². The van der Waals surface area contributed by atoms with E-state index in [2.05, 4.69) is 26.8 Å². The molecule has 0 rings (SSSR count). The third-order valence-electron chi connectivity index (χ3n) is 0.780. The number of hydrogen-bond acceptors (Lipinski definition) is 2. The number of hydrogen-bond donors (Lipinski definition) is 2. The van der Waals surface area contributed by atoms with Crippen LogP contribution in [0, 0.1) is 0 Å². The molecular formula is C5H12BrFN2. The summed E-state index contributed by atoms with van der Waals surface area (Å²) in [6, 6.07) is 0. The molecule has 0 aliphatic rings. The van der Waals surface area contributed by atoms with E-state index < -0.39 is 0 Å². The molecule has 0 saturated carbocycles. The van der Waals surface area contributed by atoms with E-state index in [4.69, 9.17) is 0 Å². The molecule has 0 aromatic rings. The maximum Gasteiger partial charge on any atom is 0.0907 e. The highest BCUT2D eigenvalue weighted by Crippen LogP contribution is 1.75. The quantitative estimate of drug-likeness (QED) is 0.376. The zero-order valence-electron chi connectivity index (χ0n) is 5.29. The molecule has 0 amide bonds. The van der Waals surface area contributed by atoms with Gasteiger partial charge in [0.15, 0.2) is 0 Å². The van der Waals surface area contributed by atoms with Gasteiger partial charge in [-0.15, -0.1) is 0 Å². The molecule has 0 radical (unpaired) electrons. The van der Waals surface area contributed by atoms with Crippen LogP contribution in [0.1, 0.15) is 6.42 Å². The Kier molecular flexibility index (Phi) is 8.64. The summed E-state index contributed by atoms with van der Waals surface area (Å²) >= 11 is 3.24. The van der Waals surface area contributed by atoms with E-state index in [0.717, 1.165) is 11.9 Å². The zero-order chi connectivity index (χ0) is 6.95. The summed E-state index contributed by atoms with van der Waals surface area (Å²) in [5.74, 6) is 0. The fourth-order valence-corrected chi connectivity index (χ4v) is 0.577. The average molecular weight is 199 g/mol. The first-order chi connectivity index (χ1) is 4.41. The van der Waals surface area contributed by atoms with Crippen LogP contribution in [-0.4, -0.2) is 25.1 Å². The number of halogens is 2. The minimum Gasteiger partial charge on any atom is -0.258 e. The highest BCUT2D eigenvalue weighted by atomic mass is 79.9. The Bertz CT molecular complexity index is 48.2. The summed E-state index contributed by atoms with van der Waals surface area (Å²) in [6.45, 7) is 1.32.